The molecule has 136 valence electrons. The summed E-state index contributed by atoms with van der Waals surface area (Å²) in [5.41, 5.74) is 1.18. The molecule has 0 aliphatic carbocycles. The first-order valence-corrected chi connectivity index (χ1v) is 8.20. The molecule has 3 aromatic rings. The van der Waals surface area contributed by atoms with Crippen molar-refractivity contribution < 1.29 is 18.0 Å². The van der Waals surface area contributed by atoms with Crippen molar-refractivity contribution in [3.05, 3.63) is 60.1 Å². The van der Waals surface area contributed by atoms with E-state index in [0.717, 1.165) is 12.0 Å². The number of rotatable bonds is 7. The summed E-state index contributed by atoms with van der Waals surface area (Å²) in [5, 5.41) is 3.99. The van der Waals surface area contributed by atoms with Gasteiger partial charge in [0.1, 0.15) is 0 Å². The molecule has 0 spiro atoms. The first-order chi connectivity index (χ1) is 12.5. The van der Waals surface area contributed by atoms with Crippen molar-refractivity contribution in [3.8, 4) is 17.3 Å². The quantitative estimate of drug-likeness (QED) is 0.630. The zero-order valence-electron chi connectivity index (χ0n) is 14.5. The Balaban J connectivity index is 1.84. The van der Waals surface area contributed by atoms with Crippen LogP contribution in [0.5, 0.6) is 5.88 Å². The molecule has 0 bridgehead atoms. The van der Waals surface area contributed by atoms with Crippen LogP contribution < -0.4 is 4.74 Å². The highest BCUT2D eigenvalue weighted by molar-refractivity contribution is 5.60. The molecule has 0 unspecified atom stereocenters. The minimum atomic E-state index is -2.59. The van der Waals surface area contributed by atoms with Gasteiger partial charge >= 0.3 is 0 Å². The van der Waals surface area contributed by atoms with Gasteiger partial charge in [0.15, 0.2) is 6.61 Å². The number of pyridine rings is 1. The van der Waals surface area contributed by atoms with E-state index in [9.17, 15) is 8.78 Å². The van der Waals surface area contributed by atoms with Crippen molar-refractivity contribution in [3.63, 3.8) is 0 Å². The highest BCUT2D eigenvalue weighted by Gasteiger charge is 2.29. The van der Waals surface area contributed by atoms with Gasteiger partial charge in [-0.25, -0.2) is 13.8 Å². The SMILES string of the molecule is CC(C)(Cc1ccccc1)c1nc(-c2cccnc2OCC(F)F)no1. The van der Waals surface area contributed by atoms with Crippen LogP contribution in [0.2, 0.25) is 0 Å². The van der Waals surface area contributed by atoms with Crippen molar-refractivity contribution in [2.75, 3.05) is 6.61 Å². The number of hydrogen-bond donors (Lipinski definition) is 0. The van der Waals surface area contributed by atoms with Gasteiger partial charge < -0.3 is 9.26 Å². The van der Waals surface area contributed by atoms with E-state index in [-0.39, 0.29) is 11.7 Å². The number of nitrogens with zero attached hydrogens (tertiary/aromatic N) is 3. The zero-order valence-corrected chi connectivity index (χ0v) is 14.5. The predicted octanol–water partition coefficient (Wildman–Crippen LogP) is 4.30. The van der Waals surface area contributed by atoms with Crippen LogP contribution in [0.4, 0.5) is 8.78 Å². The number of hydrogen-bond acceptors (Lipinski definition) is 5. The number of halogens is 2. The van der Waals surface area contributed by atoms with E-state index < -0.39 is 18.4 Å². The molecule has 0 saturated heterocycles. The summed E-state index contributed by atoms with van der Waals surface area (Å²) in [6, 6.07) is 13.3. The number of alkyl halides is 2. The second-order valence-corrected chi connectivity index (χ2v) is 6.53. The molecular formula is C19H19F2N3O2. The Kier molecular flexibility index (Phi) is 5.25. The van der Waals surface area contributed by atoms with Crippen LogP contribution in [0.1, 0.15) is 25.3 Å². The second kappa shape index (κ2) is 7.59. The third-order valence-electron chi connectivity index (χ3n) is 3.85. The van der Waals surface area contributed by atoms with E-state index in [0.29, 0.717) is 11.5 Å². The van der Waals surface area contributed by atoms with Gasteiger partial charge in [-0.15, -0.1) is 0 Å². The molecule has 26 heavy (non-hydrogen) atoms. The molecule has 2 heterocycles. The molecule has 1 aromatic carbocycles. The smallest absolute Gasteiger partial charge is 0.272 e. The van der Waals surface area contributed by atoms with Gasteiger partial charge in [0.25, 0.3) is 6.43 Å². The van der Waals surface area contributed by atoms with E-state index in [2.05, 4.69) is 15.1 Å². The molecule has 0 saturated carbocycles. The van der Waals surface area contributed by atoms with Crippen molar-refractivity contribution in [1.29, 1.82) is 0 Å². The fourth-order valence-electron chi connectivity index (χ4n) is 2.61. The third-order valence-corrected chi connectivity index (χ3v) is 3.85. The molecule has 0 fully saturated rings. The van der Waals surface area contributed by atoms with Crippen LogP contribution in [0.3, 0.4) is 0 Å². The standard InChI is InChI=1S/C19H19F2N3O2/c1-19(2,11-13-7-4-3-5-8-13)18-23-16(24-26-18)14-9-6-10-22-17(14)25-12-15(20)21/h3-10,15H,11-12H2,1-2H3. The fraction of sp³-hybridized carbons (Fsp3) is 0.316. The molecule has 3 rings (SSSR count). The van der Waals surface area contributed by atoms with Crippen molar-refractivity contribution in [2.24, 2.45) is 0 Å². The van der Waals surface area contributed by atoms with Gasteiger partial charge in [0, 0.05) is 11.6 Å². The van der Waals surface area contributed by atoms with Crippen LogP contribution in [-0.2, 0) is 11.8 Å². The van der Waals surface area contributed by atoms with Crippen molar-refractivity contribution in [2.45, 2.75) is 32.1 Å². The average molecular weight is 359 g/mol. The van der Waals surface area contributed by atoms with Crippen LogP contribution in [0.25, 0.3) is 11.4 Å². The number of benzene rings is 1. The third kappa shape index (κ3) is 4.22. The van der Waals surface area contributed by atoms with Gasteiger partial charge in [-0.3, -0.25) is 0 Å². The average Bonchev–Trinajstić information content (AvgIpc) is 3.11. The Morgan fingerprint density at radius 3 is 2.62 bits per heavy atom. The lowest BCUT2D eigenvalue weighted by molar-refractivity contribution is 0.0799. The Morgan fingerprint density at radius 2 is 1.88 bits per heavy atom. The van der Waals surface area contributed by atoms with Crippen molar-refractivity contribution >= 4 is 0 Å². The highest BCUT2D eigenvalue weighted by Crippen LogP contribution is 2.30. The van der Waals surface area contributed by atoms with Crippen LogP contribution in [0, 0.1) is 0 Å². The highest BCUT2D eigenvalue weighted by atomic mass is 19.3. The summed E-state index contributed by atoms with van der Waals surface area (Å²) >= 11 is 0. The lowest BCUT2D eigenvalue weighted by atomic mass is 9.85. The van der Waals surface area contributed by atoms with Gasteiger partial charge in [-0.1, -0.05) is 49.3 Å². The summed E-state index contributed by atoms with van der Waals surface area (Å²) in [6.45, 7) is 3.28. The van der Waals surface area contributed by atoms with E-state index in [1.165, 1.54) is 6.20 Å². The monoisotopic (exact) mass is 359 g/mol. The molecule has 0 amide bonds. The maximum atomic E-state index is 12.4. The van der Waals surface area contributed by atoms with Gasteiger partial charge in [0.05, 0.1) is 5.56 Å². The van der Waals surface area contributed by atoms with E-state index >= 15 is 0 Å². The maximum absolute atomic E-state index is 12.4. The molecule has 0 aliphatic heterocycles. The number of aromatic nitrogens is 3. The lowest BCUT2D eigenvalue weighted by Gasteiger charge is -2.19. The Labute approximate surface area is 150 Å². The van der Waals surface area contributed by atoms with Crippen molar-refractivity contribution in [1.82, 2.24) is 15.1 Å². The van der Waals surface area contributed by atoms with Gasteiger partial charge in [-0.2, -0.15) is 4.98 Å². The Bertz CT molecular complexity index is 851. The van der Waals surface area contributed by atoms with Crippen LogP contribution >= 0.6 is 0 Å². The maximum Gasteiger partial charge on any atom is 0.272 e. The summed E-state index contributed by atoms with van der Waals surface area (Å²) in [7, 11) is 0. The molecule has 5 nitrogen and oxygen atoms in total. The molecule has 0 radical (unpaired) electrons. The summed E-state index contributed by atoms with van der Waals surface area (Å²) < 4.78 is 35.3. The molecule has 2 aromatic heterocycles. The lowest BCUT2D eigenvalue weighted by Crippen LogP contribution is -2.21. The molecule has 7 heteroatoms. The minimum absolute atomic E-state index is 0.0565. The number of ether oxygens (including phenoxy) is 1. The topological polar surface area (TPSA) is 61.0 Å². The second-order valence-electron chi connectivity index (χ2n) is 6.53. The zero-order chi connectivity index (χ0) is 18.6. The summed E-state index contributed by atoms with van der Waals surface area (Å²) in [5.74, 6) is 0.777. The minimum Gasteiger partial charge on any atom is -0.471 e. The molecule has 0 atom stereocenters. The Morgan fingerprint density at radius 1 is 1.12 bits per heavy atom. The van der Waals surface area contributed by atoms with Crippen LogP contribution in [0.15, 0.2) is 53.2 Å². The van der Waals surface area contributed by atoms with E-state index in [1.54, 1.807) is 12.1 Å². The first kappa shape index (κ1) is 18.0. The molecule has 0 aliphatic rings. The first-order valence-electron chi connectivity index (χ1n) is 8.20. The fourth-order valence-corrected chi connectivity index (χ4v) is 2.61. The van der Waals surface area contributed by atoms with Gasteiger partial charge in [-0.05, 0) is 24.1 Å². The Hall–Kier alpha value is -2.83. The van der Waals surface area contributed by atoms with Gasteiger partial charge in [0.2, 0.25) is 17.6 Å². The normalized spacial score (nSPS) is 11.7. The van der Waals surface area contributed by atoms with E-state index in [4.69, 9.17) is 9.26 Å². The summed E-state index contributed by atoms with van der Waals surface area (Å²) in [6.07, 6.45) is -0.405. The molecule has 0 N–H and O–H groups in total. The largest absolute Gasteiger partial charge is 0.471 e. The predicted molar refractivity (Wildman–Crippen MR) is 92.2 cm³/mol. The summed E-state index contributed by atoms with van der Waals surface area (Å²) in [4.78, 5) is 8.44. The van der Waals surface area contributed by atoms with E-state index in [1.807, 2.05) is 44.2 Å². The van der Waals surface area contributed by atoms with Crippen LogP contribution in [-0.4, -0.2) is 28.2 Å². The molecular weight excluding hydrogens is 340 g/mol.